The normalized spacial score (nSPS) is 11.5. The average molecular weight is 316 g/mol. The Morgan fingerprint density at radius 3 is 2.91 bits per heavy atom. The fourth-order valence-corrected chi connectivity index (χ4v) is 2.80. The Labute approximate surface area is 136 Å². The van der Waals surface area contributed by atoms with Crippen molar-refractivity contribution in [2.24, 2.45) is 5.10 Å². The minimum absolute atomic E-state index is 0.825. The summed E-state index contributed by atoms with van der Waals surface area (Å²) in [6.07, 6.45) is 4.34. The van der Waals surface area contributed by atoms with Crippen molar-refractivity contribution in [1.82, 2.24) is 9.88 Å². The van der Waals surface area contributed by atoms with Crippen LogP contribution in [0.4, 0.5) is 5.13 Å². The SMILES string of the molecule is CCCCN(C)Cc1ccccc1C=NNc1nc(C)cs1. The number of unbranched alkanes of at least 4 members (excludes halogenated alkanes) is 1. The molecule has 0 aliphatic carbocycles. The van der Waals surface area contributed by atoms with Crippen LogP contribution in [0.1, 0.15) is 36.6 Å². The molecule has 0 fully saturated rings. The Morgan fingerprint density at radius 1 is 1.36 bits per heavy atom. The lowest BCUT2D eigenvalue weighted by atomic mass is 10.1. The first-order valence-electron chi connectivity index (χ1n) is 7.66. The summed E-state index contributed by atoms with van der Waals surface area (Å²) in [5, 5.41) is 7.14. The summed E-state index contributed by atoms with van der Waals surface area (Å²) in [6, 6.07) is 8.39. The maximum Gasteiger partial charge on any atom is 0.203 e. The van der Waals surface area contributed by atoms with Gasteiger partial charge in [-0.3, -0.25) is 5.43 Å². The van der Waals surface area contributed by atoms with Crippen LogP contribution >= 0.6 is 11.3 Å². The summed E-state index contributed by atoms with van der Waals surface area (Å²) >= 11 is 1.56. The molecule has 22 heavy (non-hydrogen) atoms. The van der Waals surface area contributed by atoms with Gasteiger partial charge >= 0.3 is 0 Å². The van der Waals surface area contributed by atoms with Crippen molar-refractivity contribution in [3.05, 3.63) is 46.5 Å². The van der Waals surface area contributed by atoms with Crippen molar-refractivity contribution in [3.63, 3.8) is 0 Å². The zero-order valence-electron chi connectivity index (χ0n) is 13.5. The highest BCUT2D eigenvalue weighted by atomic mass is 32.1. The molecule has 2 rings (SSSR count). The second kappa shape index (κ2) is 8.66. The molecule has 0 aliphatic rings. The first kappa shape index (κ1) is 16.6. The van der Waals surface area contributed by atoms with Gasteiger partial charge in [-0.15, -0.1) is 11.3 Å². The molecule has 0 saturated heterocycles. The van der Waals surface area contributed by atoms with Crippen LogP contribution in [0, 0.1) is 6.92 Å². The smallest absolute Gasteiger partial charge is 0.203 e. The monoisotopic (exact) mass is 316 g/mol. The molecule has 4 nitrogen and oxygen atoms in total. The zero-order chi connectivity index (χ0) is 15.8. The molecule has 0 aliphatic heterocycles. The van der Waals surface area contributed by atoms with E-state index in [4.69, 9.17) is 0 Å². The number of nitrogens with one attached hydrogen (secondary N) is 1. The van der Waals surface area contributed by atoms with E-state index in [0.717, 1.165) is 29.5 Å². The minimum Gasteiger partial charge on any atom is -0.302 e. The average Bonchev–Trinajstić information content (AvgIpc) is 2.92. The van der Waals surface area contributed by atoms with Crippen LogP contribution in [0.2, 0.25) is 0 Å². The van der Waals surface area contributed by atoms with E-state index in [1.165, 1.54) is 18.4 Å². The van der Waals surface area contributed by atoms with E-state index in [9.17, 15) is 0 Å². The Kier molecular flexibility index (Phi) is 6.55. The van der Waals surface area contributed by atoms with Crippen molar-refractivity contribution in [3.8, 4) is 0 Å². The van der Waals surface area contributed by atoms with Crippen LogP contribution in [-0.4, -0.2) is 29.7 Å². The summed E-state index contributed by atoms with van der Waals surface area (Å²) in [5.74, 6) is 0. The predicted molar refractivity (Wildman–Crippen MR) is 95.8 cm³/mol. The van der Waals surface area contributed by atoms with Gasteiger partial charge in [0.05, 0.1) is 11.9 Å². The predicted octanol–water partition coefficient (Wildman–Crippen LogP) is 4.13. The molecule has 0 atom stereocenters. The van der Waals surface area contributed by atoms with E-state index < -0.39 is 0 Å². The number of rotatable bonds is 8. The molecule has 5 heteroatoms. The number of hydrogen-bond donors (Lipinski definition) is 1. The number of hydrazone groups is 1. The zero-order valence-corrected chi connectivity index (χ0v) is 14.4. The molecule has 0 unspecified atom stereocenters. The molecule has 1 N–H and O–H groups in total. The largest absolute Gasteiger partial charge is 0.302 e. The quantitative estimate of drug-likeness (QED) is 0.588. The van der Waals surface area contributed by atoms with E-state index >= 15 is 0 Å². The lowest BCUT2D eigenvalue weighted by Crippen LogP contribution is -2.19. The van der Waals surface area contributed by atoms with Crippen LogP contribution in [0.3, 0.4) is 0 Å². The Hall–Kier alpha value is -1.72. The van der Waals surface area contributed by atoms with Crippen molar-refractivity contribution in [2.45, 2.75) is 33.2 Å². The molecular formula is C17H24N4S. The molecule has 0 amide bonds. The van der Waals surface area contributed by atoms with Crippen LogP contribution in [0.5, 0.6) is 0 Å². The molecule has 1 aromatic carbocycles. The third kappa shape index (κ3) is 5.24. The van der Waals surface area contributed by atoms with Gasteiger partial charge in [0.2, 0.25) is 5.13 Å². The van der Waals surface area contributed by atoms with Gasteiger partial charge in [-0.05, 0) is 38.1 Å². The molecule has 2 aromatic rings. The van der Waals surface area contributed by atoms with E-state index in [-0.39, 0.29) is 0 Å². The van der Waals surface area contributed by atoms with E-state index in [1.807, 2.05) is 24.6 Å². The van der Waals surface area contributed by atoms with Crippen molar-refractivity contribution < 1.29 is 0 Å². The van der Waals surface area contributed by atoms with Crippen LogP contribution in [0.25, 0.3) is 0 Å². The Bertz CT molecular complexity index is 606. The van der Waals surface area contributed by atoms with Gasteiger partial charge < -0.3 is 4.90 Å². The number of aryl methyl sites for hydroxylation is 1. The summed E-state index contributed by atoms with van der Waals surface area (Å²) in [7, 11) is 2.17. The summed E-state index contributed by atoms with van der Waals surface area (Å²) in [6.45, 7) is 6.27. The first-order valence-corrected chi connectivity index (χ1v) is 8.54. The molecule has 0 radical (unpaired) electrons. The Morgan fingerprint density at radius 2 is 2.18 bits per heavy atom. The van der Waals surface area contributed by atoms with Gasteiger partial charge in [0, 0.05) is 11.9 Å². The Balaban J connectivity index is 1.98. The van der Waals surface area contributed by atoms with Crippen molar-refractivity contribution >= 4 is 22.7 Å². The number of nitrogens with zero attached hydrogens (tertiary/aromatic N) is 3. The summed E-state index contributed by atoms with van der Waals surface area (Å²) in [5.41, 5.74) is 6.45. The lowest BCUT2D eigenvalue weighted by Gasteiger charge is -2.17. The van der Waals surface area contributed by atoms with E-state index in [0.29, 0.717) is 0 Å². The van der Waals surface area contributed by atoms with Gasteiger partial charge in [-0.25, -0.2) is 4.98 Å². The van der Waals surface area contributed by atoms with Gasteiger partial charge in [0.15, 0.2) is 0 Å². The maximum atomic E-state index is 4.33. The second-order valence-corrected chi connectivity index (χ2v) is 6.31. The standard InChI is InChI=1S/C17H24N4S/c1-4-5-10-21(3)12-16-9-7-6-8-15(16)11-18-20-17-19-14(2)13-22-17/h6-9,11,13H,4-5,10,12H2,1-3H3,(H,19,20). The highest BCUT2D eigenvalue weighted by molar-refractivity contribution is 7.13. The number of hydrogen-bond acceptors (Lipinski definition) is 5. The molecule has 0 bridgehead atoms. The molecule has 0 saturated carbocycles. The lowest BCUT2D eigenvalue weighted by molar-refractivity contribution is 0.320. The van der Waals surface area contributed by atoms with Crippen LogP contribution in [0.15, 0.2) is 34.7 Å². The van der Waals surface area contributed by atoms with Gasteiger partial charge in [-0.2, -0.15) is 5.10 Å². The van der Waals surface area contributed by atoms with E-state index in [2.05, 4.69) is 52.6 Å². The molecule has 1 heterocycles. The summed E-state index contributed by atoms with van der Waals surface area (Å²) < 4.78 is 0. The maximum absolute atomic E-state index is 4.33. The van der Waals surface area contributed by atoms with Gasteiger partial charge in [0.1, 0.15) is 0 Å². The van der Waals surface area contributed by atoms with Gasteiger partial charge in [-0.1, -0.05) is 37.6 Å². The summed E-state index contributed by atoms with van der Waals surface area (Å²) in [4.78, 5) is 6.69. The molecule has 1 aromatic heterocycles. The highest BCUT2D eigenvalue weighted by Gasteiger charge is 2.04. The fraction of sp³-hybridized carbons (Fsp3) is 0.412. The van der Waals surface area contributed by atoms with Gasteiger partial charge in [0.25, 0.3) is 0 Å². The molecule has 0 spiro atoms. The fourth-order valence-electron chi connectivity index (χ4n) is 2.16. The number of aromatic nitrogens is 1. The number of anilines is 1. The third-order valence-corrected chi connectivity index (χ3v) is 4.24. The van der Waals surface area contributed by atoms with Crippen LogP contribution in [-0.2, 0) is 6.54 Å². The number of benzene rings is 1. The van der Waals surface area contributed by atoms with E-state index in [1.54, 1.807) is 11.3 Å². The molecule has 118 valence electrons. The third-order valence-electron chi connectivity index (χ3n) is 3.37. The number of thiazole rings is 1. The molecular weight excluding hydrogens is 292 g/mol. The topological polar surface area (TPSA) is 40.5 Å². The highest BCUT2D eigenvalue weighted by Crippen LogP contribution is 2.14. The first-order chi connectivity index (χ1) is 10.7. The second-order valence-electron chi connectivity index (χ2n) is 5.45. The van der Waals surface area contributed by atoms with Crippen molar-refractivity contribution in [1.29, 1.82) is 0 Å². The minimum atomic E-state index is 0.825. The van der Waals surface area contributed by atoms with Crippen molar-refractivity contribution in [2.75, 3.05) is 19.0 Å². The van der Waals surface area contributed by atoms with Crippen LogP contribution < -0.4 is 5.43 Å².